The lowest BCUT2D eigenvalue weighted by Gasteiger charge is -2.11. The molecular formula is C11H20NO3. The first-order valence-corrected chi connectivity index (χ1v) is 5.08. The summed E-state index contributed by atoms with van der Waals surface area (Å²) in [5.74, 6) is -0.409. The van der Waals surface area contributed by atoms with Gasteiger partial charge in [0.2, 0.25) is 0 Å². The standard InChI is InChI=1S/C11H20NO3/c1-4-6-12-8-10(13)5-7-15-11(14)9(2)3/h10,12-13H,1-2,4-8H2,3H3. The number of aliphatic hydroxyl groups is 1. The van der Waals surface area contributed by atoms with E-state index in [1.807, 2.05) is 0 Å². The Morgan fingerprint density at radius 1 is 1.60 bits per heavy atom. The van der Waals surface area contributed by atoms with E-state index in [1.165, 1.54) is 0 Å². The highest BCUT2D eigenvalue weighted by molar-refractivity contribution is 5.86. The lowest BCUT2D eigenvalue weighted by molar-refractivity contribution is -0.139. The zero-order valence-electron chi connectivity index (χ0n) is 9.29. The molecule has 0 aliphatic carbocycles. The van der Waals surface area contributed by atoms with Crippen molar-refractivity contribution in [1.29, 1.82) is 0 Å². The molecule has 0 aromatic heterocycles. The number of hydrogen-bond donors (Lipinski definition) is 2. The third-order valence-corrected chi connectivity index (χ3v) is 1.77. The van der Waals surface area contributed by atoms with Crippen LogP contribution in [-0.2, 0) is 9.53 Å². The van der Waals surface area contributed by atoms with Gasteiger partial charge in [-0.05, 0) is 19.9 Å². The van der Waals surface area contributed by atoms with E-state index in [4.69, 9.17) is 4.74 Å². The molecule has 4 nitrogen and oxygen atoms in total. The zero-order chi connectivity index (χ0) is 11.7. The SMILES string of the molecule is [CH2]CCNCC(O)CCOC(=O)C(=C)C. The highest BCUT2D eigenvalue weighted by Gasteiger charge is 2.06. The quantitative estimate of drug-likeness (QED) is 0.354. The smallest absolute Gasteiger partial charge is 0.333 e. The molecule has 0 bridgehead atoms. The molecule has 0 aromatic rings. The summed E-state index contributed by atoms with van der Waals surface area (Å²) in [5, 5.41) is 12.5. The van der Waals surface area contributed by atoms with Crippen LogP contribution in [0.25, 0.3) is 0 Å². The maximum Gasteiger partial charge on any atom is 0.333 e. The van der Waals surface area contributed by atoms with E-state index in [0.29, 0.717) is 18.5 Å². The first kappa shape index (κ1) is 14.1. The Labute approximate surface area is 91.3 Å². The van der Waals surface area contributed by atoms with Crippen molar-refractivity contribution in [3.63, 3.8) is 0 Å². The summed E-state index contributed by atoms with van der Waals surface area (Å²) in [5.41, 5.74) is 0.375. The van der Waals surface area contributed by atoms with E-state index in [0.717, 1.165) is 13.0 Å². The number of nitrogens with one attached hydrogen (secondary N) is 1. The lowest BCUT2D eigenvalue weighted by Crippen LogP contribution is -2.28. The number of carbonyl (C=O) groups is 1. The Hall–Kier alpha value is -0.870. The van der Waals surface area contributed by atoms with Crippen LogP contribution in [0.2, 0.25) is 0 Å². The molecule has 4 heteroatoms. The van der Waals surface area contributed by atoms with Gasteiger partial charge in [-0.15, -0.1) is 0 Å². The topological polar surface area (TPSA) is 58.6 Å². The van der Waals surface area contributed by atoms with Crippen molar-refractivity contribution in [3.8, 4) is 0 Å². The summed E-state index contributed by atoms with van der Waals surface area (Å²) < 4.78 is 4.84. The zero-order valence-corrected chi connectivity index (χ0v) is 9.29. The minimum Gasteiger partial charge on any atom is -0.462 e. The van der Waals surface area contributed by atoms with Gasteiger partial charge in [0.1, 0.15) is 0 Å². The van der Waals surface area contributed by atoms with Crippen molar-refractivity contribution in [2.24, 2.45) is 0 Å². The fourth-order valence-corrected chi connectivity index (χ4v) is 0.907. The molecule has 0 aliphatic rings. The first-order valence-electron chi connectivity index (χ1n) is 5.08. The Kier molecular flexibility index (Phi) is 7.95. The molecule has 0 saturated heterocycles. The van der Waals surface area contributed by atoms with Gasteiger partial charge in [0.25, 0.3) is 0 Å². The molecule has 1 radical (unpaired) electrons. The van der Waals surface area contributed by atoms with Crippen molar-refractivity contribution in [2.75, 3.05) is 19.7 Å². The molecule has 0 heterocycles. The van der Waals surface area contributed by atoms with Crippen molar-refractivity contribution < 1.29 is 14.6 Å². The van der Waals surface area contributed by atoms with Crippen LogP contribution in [0.4, 0.5) is 0 Å². The van der Waals surface area contributed by atoms with Crippen LogP contribution < -0.4 is 5.32 Å². The van der Waals surface area contributed by atoms with Crippen LogP contribution in [0, 0.1) is 6.92 Å². The minimum atomic E-state index is -0.491. The second kappa shape index (κ2) is 8.44. The molecule has 87 valence electrons. The molecule has 0 rings (SSSR count). The van der Waals surface area contributed by atoms with E-state index in [1.54, 1.807) is 6.92 Å². The third kappa shape index (κ3) is 8.15. The van der Waals surface area contributed by atoms with Gasteiger partial charge >= 0.3 is 5.97 Å². The predicted molar refractivity (Wildman–Crippen MR) is 59.2 cm³/mol. The Morgan fingerprint density at radius 2 is 2.27 bits per heavy atom. The Bertz CT molecular complexity index is 204. The summed E-state index contributed by atoms with van der Waals surface area (Å²) in [7, 11) is 0. The fraction of sp³-hybridized carbons (Fsp3) is 0.636. The van der Waals surface area contributed by atoms with E-state index >= 15 is 0 Å². The van der Waals surface area contributed by atoms with Gasteiger partial charge in [-0.3, -0.25) is 0 Å². The molecule has 0 fully saturated rings. The average Bonchev–Trinajstić information content (AvgIpc) is 2.18. The van der Waals surface area contributed by atoms with E-state index in [-0.39, 0.29) is 6.61 Å². The van der Waals surface area contributed by atoms with Gasteiger partial charge in [0.15, 0.2) is 0 Å². The molecule has 2 N–H and O–H groups in total. The normalized spacial score (nSPS) is 12.2. The van der Waals surface area contributed by atoms with E-state index < -0.39 is 12.1 Å². The number of aliphatic hydroxyl groups excluding tert-OH is 1. The van der Waals surface area contributed by atoms with Crippen LogP contribution in [0.5, 0.6) is 0 Å². The van der Waals surface area contributed by atoms with Crippen LogP contribution in [-0.4, -0.2) is 36.9 Å². The van der Waals surface area contributed by atoms with Gasteiger partial charge < -0.3 is 15.2 Å². The molecule has 0 amide bonds. The Balaban J connectivity index is 3.42. The molecule has 0 aromatic carbocycles. The summed E-state index contributed by atoms with van der Waals surface area (Å²) in [6.45, 7) is 10.2. The maximum atomic E-state index is 11.0. The van der Waals surface area contributed by atoms with Gasteiger partial charge in [-0.25, -0.2) is 4.79 Å². The Morgan fingerprint density at radius 3 is 2.80 bits per heavy atom. The van der Waals surface area contributed by atoms with E-state index in [2.05, 4.69) is 18.8 Å². The number of hydrogen-bond acceptors (Lipinski definition) is 4. The number of rotatable bonds is 8. The third-order valence-electron chi connectivity index (χ3n) is 1.77. The molecule has 0 aliphatic heterocycles. The molecular weight excluding hydrogens is 194 g/mol. The molecule has 1 unspecified atom stereocenters. The second-order valence-corrected chi connectivity index (χ2v) is 3.42. The highest BCUT2D eigenvalue weighted by Crippen LogP contribution is 1.96. The lowest BCUT2D eigenvalue weighted by atomic mass is 10.2. The molecule has 0 spiro atoms. The summed E-state index contributed by atoms with van der Waals surface area (Å²) in [6.07, 6.45) is 0.732. The van der Waals surface area contributed by atoms with Crippen molar-refractivity contribution >= 4 is 5.97 Å². The highest BCUT2D eigenvalue weighted by atomic mass is 16.5. The second-order valence-electron chi connectivity index (χ2n) is 3.42. The van der Waals surface area contributed by atoms with Crippen molar-refractivity contribution in [2.45, 2.75) is 25.9 Å². The van der Waals surface area contributed by atoms with Gasteiger partial charge in [-0.2, -0.15) is 0 Å². The van der Waals surface area contributed by atoms with Crippen molar-refractivity contribution in [3.05, 3.63) is 19.1 Å². The van der Waals surface area contributed by atoms with Gasteiger partial charge in [-0.1, -0.05) is 13.5 Å². The number of ether oxygens (including phenoxy) is 1. The van der Waals surface area contributed by atoms with Crippen molar-refractivity contribution in [1.82, 2.24) is 5.32 Å². The molecule has 0 saturated carbocycles. The summed E-state index contributed by atoms with van der Waals surface area (Å²) in [6, 6.07) is 0. The van der Waals surface area contributed by atoms with Crippen LogP contribution in [0.3, 0.4) is 0 Å². The van der Waals surface area contributed by atoms with Gasteiger partial charge in [0, 0.05) is 18.5 Å². The molecule has 15 heavy (non-hydrogen) atoms. The monoisotopic (exact) mass is 214 g/mol. The average molecular weight is 214 g/mol. The number of carbonyl (C=O) groups excluding carboxylic acids is 1. The summed E-state index contributed by atoms with van der Waals surface area (Å²) >= 11 is 0. The van der Waals surface area contributed by atoms with Crippen LogP contribution in [0.1, 0.15) is 19.8 Å². The fourth-order valence-electron chi connectivity index (χ4n) is 0.907. The van der Waals surface area contributed by atoms with E-state index in [9.17, 15) is 9.90 Å². The largest absolute Gasteiger partial charge is 0.462 e. The summed E-state index contributed by atoms with van der Waals surface area (Å²) in [4.78, 5) is 11.0. The van der Waals surface area contributed by atoms with Crippen LogP contribution >= 0.6 is 0 Å². The van der Waals surface area contributed by atoms with Crippen LogP contribution in [0.15, 0.2) is 12.2 Å². The number of esters is 1. The first-order chi connectivity index (χ1) is 7.07. The molecule has 1 atom stereocenters. The minimum absolute atomic E-state index is 0.221. The maximum absolute atomic E-state index is 11.0. The van der Waals surface area contributed by atoms with Gasteiger partial charge in [0.05, 0.1) is 12.7 Å². The predicted octanol–water partition coefficient (Wildman–Crippen LogP) is 0.670.